The number of aromatic nitrogens is 6. The smallest absolute Gasteiger partial charge is 0.234 e. The van der Waals surface area contributed by atoms with Crippen LogP contribution in [0.1, 0.15) is 0 Å². The van der Waals surface area contributed by atoms with Gasteiger partial charge in [-0.3, -0.25) is 14.2 Å². The summed E-state index contributed by atoms with van der Waals surface area (Å²) in [4.78, 5) is 12.9. The van der Waals surface area contributed by atoms with Crippen LogP contribution in [0, 0.1) is 0 Å². The normalized spacial score (nSPS) is 11.2. The molecule has 4 aromatic rings. The molecule has 23 heavy (non-hydrogen) atoms. The molecule has 0 fully saturated rings. The fraction of sp³-hybridized carbons (Fsp3) is 0.125. The van der Waals surface area contributed by atoms with Crippen molar-refractivity contribution >= 4 is 10.9 Å². The maximum atomic E-state index is 12.3. The second-order valence-electron chi connectivity index (χ2n) is 5.05. The summed E-state index contributed by atoms with van der Waals surface area (Å²) in [6, 6.07) is 5.76. The Hall–Kier alpha value is -3.09. The molecule has 0 unspecified atom stereocenters. The molecule has 6 nitrogen and oxygen atoms in total. The van der Waals surface area contributed by atoms with Crippen LogP contribution in [0.25, 0.3) is 28.1 Å². The minimum absolute atomic E-state index is 0.251. The number of alkyl halides is 1. The average Bonchev–Trinajstić information content (AvgIpc) is 3.22. The van der Waals surface area contributed by atoms with Crippen molar-refractivity contribution < 1.29 is 4.39 Å². The van der Waals surface area contributed by atoms with Gasteiger partial charge in [0.25, 0.3) is 0 Å². The fourth-order valence-electron chi connectivity index (χ4n) is 2.45. The number of halogens is 1. The summed E-state index contributed by atoms with van der Waals surface area (Å²) < 4.78 is 15.8. The minimum Gasteiger partial charge on any atom is -0.284 e. The molecular weight excluding hydrogens is 295 g/mol. The van der Waals surface area contributed by atoms with Gasteiger partial charge in [0.05, 0.1) is 24.0 Å². The van der Waals surface area contributed by atoms with Crippen LogP contribution in [0.5, 0.6) is 0 Å². The SMILES string of the molecule is FCCn1ccc(-c2cnc(-n3ccc4ccncc43)nc2)n1. The summed E-state index contributed by atoms with van der Waals surface area (Å²) in [5, 5.41) is 5.37. The second-order valence-corrected chi connectivity index (χ2v) is 5.05. The van der Waals surface area contributed by atoms with Crippen molar-refractivity contribution in [2.45, 2.75) is 6.54 Å². The van der Waals surface area contributed by atoms with E-state index < -0.39 is 6.67 Å². The van der Waals surface area contributed by atoms with Crippen molar-refractivity contribution in [3.8, 4) is 17.2 Å². The predicted octanol–water partition coefficient (Wildman–Crippen LogP) is 2.65. The van der Waals surface area contributed by atoms with E-state index in [0.29, 0.717) is 5.95 Å². The van der Waals surface area contributed by atoms with Crippen molar-refractivity contribution in [3.63, 3.8) is 0 Å². The molecule has 0 atom stereocenters. The molecule has 4 aromatic heterocycles. The lowest BCUT2D eigenvalue weighted by Gasteiger charge is -2.03. The molecule has 4 rings (SSSR count). The monoisotopic (exact) mass is 308 g/mol. The summed E-state index contributed by atoms with van der Waals surface area (Å²) in [5.74, 6) is 0.569. The van der Waals surface area contributed by atoms with Gasteiger partial charge in [-0.1, -0.05) is 0 Å². The van der Waals surface area contributed by atoms with Crippen molar-refractivity contribution in [1.82, 2.24) is 29.3 Å². The zero-order valence-corrected chi connectivity index (χ0v) is 12.2. The molecular formula is C16H13FN6. The lowest BCUT2D eigenvalue weighted by molar-refractivity contribution is 0.427. The van der Waals surface area contributed by atoms with Gasteiger partial charge >= 0.3 is 0 Å². The van der Waals surface area contributed by atoms with E-state index in [4.69, 9.17) is 0 Å². The maximum absolute atomic E-state index is 12.3. The number of fused-ring (bicyclic) bond motifs is 1. The Morgan fingerprint density at radius 2 is 1.87 bits per heavy atom. The third-order valence-corrected chi connectivity index (χ3v) is 3.60. The van der Waals surface area contributed by atoms with Crippen LogP contribution in [-0.4, -0.2) is 36.0 Å². The van der Waals surface area contributed by atoms with Crippen LogP contribution in [-0.2, 0) is 6.54 Å². The number of rotatable bonds is 4. The van der Waals surface area contributed by atoms with E-state index in [1.807, 2.05) is 29.0 Å². The highest BCUT2D eigenvalue weighted by molar-refractivity contribution is 5.80. The summed E-state index contributed by atoms with van der Waals surface area (Å²) in [6.45, 7) is -0.188. The lowest BCUT2D eigenvalue weighted by Crippen LogP contribution is -2.01. The van der Waals surface area contributed by atoms with E-state index in [9.17, 15) is 4.39 Å². The molecule has 7 heteroatoms. The maximum Gasteiger partial charge on any atom is 0.234 e. The number of nitrogens with zero attached hydrogens (tertiary/aromatic N) is 6. The highest BCUT2D eigenvalue weighted by Crippen LogP contribution is 2.19. The van der Waals surface area contributed by atoms with Gasteiger partial charge in [0, 0.05) is 41.9 Å². The van der Waals surface area contributed by atoms with E-state index in [1.54, 1.807) is 35.7 Å². The van der Waals surface area contributed by atoms with Crippen LogP contribution in [0.15, 0.2) is 55.4 Å². The molecule has 4 heterocycles. The van der Waals surface area contributed by atoms with E-state index >= 15 is 0 Å². The predicted molar refractivity (Wildman–Crippen MR) is 83.9 cm³/mol. The first kappa shape index (κ1) is 13.6. The molecule has 0 radical (unpaired) electrons. The summed E-state index contributed by atoms with van der Waals surface area (Å²) in [5.41, 5.74) is 2.47. The standard InChI is InChI=1S/C16H13FN6/c17-4-8-22-6-3-14(21-22)13-9-19-16(20-10-13)23-7-2-12-1-5-18-11-15(12)23/h1-3,5-7,9-11H,4,8H2. The Labute approximate surface area is 131 Å². The molecule has 0 aromatic carbocycles. The number of hydrogen-bond donors (Lipinski definition) is 0. The number of pyridine rings is 1. The average molecular weight is 308 g/mol. The Kier molecular flexibility index (Phi) is 3.30. The molecule has 0 aliphatic rings. The molecule has 0 bridgehead atoms. The Bertz CT molecular complexity index is 941. The number of aryl methyl sites for hydroxylation is 1. The van der Waals surface area contributed by atoms with Gasteiger partial charge in [-0.15, -0.1) is 0 Å². The van der Waals surface area contributed by atoms with Crippen molar-refractivity contribution in [2.24, 2.45) is 0 Å². The van der Waals surface area contributed by atoms with Gasteiger partial charge in [-0.25, -0.2) is 14.4 Å². The van der Waals surface area contributed by atoms with Gasteiger partial charge in [-0.2, -0.15) is 5.10 Å². The third kappa shape index (κ3) is 2.46. The second kappa shape index (κ2) is 5.60. The quantitative estimate of drug-likeness (QED) is 0.581. The zero-order chi connectivity index (χ0) is 15.6. The molecule has 0 spiro atoms. The zero-order valence-electron chi connectivity index (χ0n) is 12.2. The minimum atomic E-state index is -0.439. The summed E-state index contributed by atoms with van der Waals surface area (Å²) in [7, 11) is 0. The van der Waals surface area contributed by atoms with Crippen LogP contribution in [0.2, 0.25) is 0 Å². The summed E-state index contributed by atoms with van der Waals surface area (Å²) >= 11 is 0. The van der Waals surface area contributed by atoms with Crippen molar-refractivity contribution in [3.05, 3.63) is 55.4 Å². The van der Waals surface area contributed by atoms with Gasteiger partial charge in [-0.05, 0) is 18.2 Å². The highest BCUT2D eigenvalue weighted by Gasteiger charge is 2.08. The fourth-order valence-corrected chi connectivity index (χ4v) is 2.45. The van der Waals surface area contributed by atoms with Crippen LogP contribution < -0.4 is 0 Å². The molecule has 0 saturated carbocycles. The lowest BCUT2D eigenvalue weighted by atomic mass is 10.2. The van der Waals surface area contributed by atoms with Crippen LogP contribution >= 0.6 is 0 Å². The topological polar surface area (TPSA) is 61.4 Å². The Morgan fingerprint density at radius 1 is 1.00 bits per heavy atom. The van der Waals surface area contributed by atoms with Crippen molar-refractivity contribution in [1.29, 1.82) is 0 Å². The molecule has 0 saturated heterocycles. The molecule has 0 amide bonds. The Balaban J connectivity index is 1.67. The first-order valence-corrected chi connectivity index (χ1v) is 7.18. The highest BCUT2D eigenvalue weighted by atomic mass is 19.1. The number of hydrogen-bond acceptors (Lipinski definition) is 4. The molecule has 0 aliphatic carbocycles. The van der Waals surface area contributed by atoms with Gasteiger partial charge in [0.2, 0.25) is 5.95 Å². The van der Waals surface area contributed by atoms with Gasteiger partial charge < -0.3 is 0 Å². The first-order valence-electron chi connectivity index (χ1n) is 7.18. The van der Waals surface area contributed by atoms with Crippen LogP contribution in [0.3, 0.4) is 0 Å². The third-order valence-electron chi connectivity index (χ3n) is 3.60. The van der Waals surface area contributed by atoms with Gasteiger partial charge in [0.1, 0.15) is 6.67 Å². The van der Waals surface area contributed by atoms with Crippen LogP contribution in [0.4, 0.5) is 4.39 Å². The first-order chi connectivity index (χ1) is 11.3. The molecule has 0 N–H and O–H groups in total. The van der Waals surface area contributed by atoms with E-state index in [2.05, 4.69) is 20.1 Å². The van der Waals surface area contributed by atoms with Gasteiger partial charge in [0.15, 0.2) is 0 Å². The van der Waals surface area contributed by atoms with E-state index in [-0.39, 0.29) is 6.54 Å². The molecule has 0 aliphatic heterocycles. The largest absolute Gasteiger partial charge is 0.284 e. The van der Waals surface area contributed by atoms with E-state index in [0.717, 1.165) is 22.2 Å². The van der Waals surface area contributed by atoms with Crippen molar-refractivity contribution in [2.75, 3.05) is 6.67 Å². The Morgan fingerprint density at radius 3 is 2.70 bits per heavy atom. The summed E-state index contributed by atoms with van der Waals surface area (Å²) in [6.07, 6.45) is 10.6. The van der Waals surface area contributed by atoms with E-state index in [1.165, 1.54) is 0 Å². The molecule has 114 valence electrons.